The van der Waals surface area contributed by atoms with Crippen LogP contribution in [0.4, 0.5) is 0 Å². The van der Waals surface area contributed by atoms with Crippen molar-refractivity contribution in [1.29, 1.82) is 0 Å². The summed E-state index contributed by atoms with van der Waals surface area (Å²) in [4.78, 5) is 12.2. The highest BCUT2D eigenvalue weighted by Gasteiger charge is 2.11. The van der Waals surface area contributed by atoms with Gasteiger partial charge in [0.1, 0.15) is 0 Å². The van der Waals surface area contributed by atoms with Crippen LogP contribution in [0.15, 0.2) is 30.3 Å². The van der Waals surface area contributed by atoms with Gasteiger partial charge in [0.05, 0.1) is 6.10 Å². The maximum atomic E-state index is 12.2. The number of methoxy groups -OCH3 is 1. The van der Waals surface area contributed by atoms with E-state index >= 15 is 0 Å². The quantitative estimate of drug-likeness (QED) is 0.194. The van der Waals surface area contributed by atoms with Crippen LogP contribution < -0.4 is 0 Å². The first kappa shape index (κ1) is 23.9. The Balaban J connectivity index is 1.96. The second-order valence-electron chi connectivity index (χ2n) is 7.86. The van der Waals surface area contributed by atoms with E-state index < -0.39 is 0 Å². The number of hydrogen-bond acceptors (Lipinski definition) is 2. The summed E-state index contributed by atoms with van der Waals surface area (Å²) < 4.78 is 5.58. The zero-order valence-electron chi connectivity index (χ0n) is 17.9. The van der Waals surface area contributed by atoms with Crippen molar-refractivity contribution in [2.45, 2.75) is 109 Å². The van der Waals surface area contributed by atoms with Gasteiger partial charge in [0, 0.05) is 19.1 Å². The summed E-state index contributed by atoms with van der Waals surface area (Å²) in [6.07, 6.45) is 19.2. The minimum atomic E-state index is 0.223. The fourth-order valence-corrected chi connectivity index (χ4v) is 3.65. The zero-order chi connectivity index (χ0) is 19.6. The number of carbonyl (C=O) groups is 1. The van der Waals surface area contributed by atoms with Crippen molar-refractivity contribution < 1.29 is 9.53 Å². The zero-order valence-corrected chi connectivity index (χ0v) is 17.9. The maximum absolute atomic E-state index is 12.2. The van der Waals surface area contributed by atoms with Crippen LogP contribution in [0.5, 0.6) is 0 Å². The number of ketones is 1. The summed E-state index contributed by atoms with van der Waals surface area (Å²) in [7, 11) is 1.78. The standard InChI is InChI=1S/C25H42O2/c1-3-4-5-6-7-8-9-10-11-12-13-17-20-24(27-2)21-22-25(26)23-18-15-14-16-19-23/h14-16,18-19,24H,3-13,17,20-22H2,1-2H3. The fraction of sp³-hybridized carbons (Fsp3) is 0.720. The predicted octanol–water partition coefficient (Wildman–Crippen LogP) is 7.76. The highest BCUT2D eigenvalue weighted by molar-refractivity contribution is 5.95. The molecule has 0 heterocycles. The molecule has 0 aromatic heterocycles. The molecule has 0 amide bonds. The molecular formula is C25H42O2. The first-order valence-electron chi connectivity index (χ1n) is 11.4. The number of carbonyl (C=O) groups excluding carboxylic acids is 1. The van der Waals surface area contributed by atoms with Crippen LogP contribution in [0.1, 0.15) is 114 Å². The van der Waals surface area contributed by atoms with Crippen LogP contribution in [-0.2, 0) is 4.74 Å². The Morgan fingerprint density at radius 1 is 0.778 bits per heavy atom. The maximum Gasteiger partial charge on any atom is 0.162 e. The number of ether oxygens (including phenoxy) is 1. The lowest BCUT2D eigenvalue weighted by atomic mass is 10.0. The lowest BCUT2D eigenvalue weighted by Gasteiger charge is -2.14. The molecule has 0 aliphatic carbocycles. The molecule has 27 heavy (non-hydrogen) atoms. The van der Waals surface area contributed by atoms with E-state index in [-0.39, 0.29) is 11.9 Å². The van der Waals surface area contributed by atoms with Crippen molar-refractivity contribution in [3.8, 4) is 0 Å². The monoisotopic (exact) mass is 374 g/mol. The lowest BCUT2D eigenvalue weighted by molar-refractivity contribution is 0.0758. The average molecular weight is 375 g/mol. The molecule has 0 saturated carbocycles. The highest BCUT2D eigenvalue weighted by atomic mass is 16.5. The van der Waals surface area contributed by atoms with Gasteiger partial charge in [-0.2, -0.15) is 0 Å². The van der Waals surface area contributed by atoms with Crippen molar-refractivity contribution >= 4 is 5.78 Å². The van der Waals surface area contributed by atoms with Gasteiger partial charge in [0.2, 0.25) is 0 Å². The number of rotatable bonds is 18. The predicted molar refractivity (Wildman–Crippen MR) is 116 cm³/mol. The normalized spacial score (nSPS) is 12.2. The summed E-state index contributed by atoms with van der Waals surface area (Å²) in [6.45, 7) is 2.28. The first-order valence-corrected chi connectivity index (χ1v) is 11.4. The van der Waals surface area contributed by atoms with Crippen LogP contribution in [0.25, 0.3) is 0 Å². The second kappa shape index (κ2) is 17.0. The van der Waals surface area contributed by atoms with E-state index in [1.54, 1.807) is 7.11 Å². The molecule has 0 N–H and O–H groups in total. The SMILES string of the molecule is CCCCCCCCCCCCCCC(CCC(=O)c1ccccc1)OC. The number of unbranched alkanes of at least 4 members (excludes halogenated alkanes) is 11. The molecule has 1 unspecified atom stereocenters. The van der Waals surface area contributed by atoms with E-state index in [0.29, 0.717) is 6.42 Å². The molecule has 2 heteroatoms. The van der Waals surface area contributed by atoms with Crippen LogP contribution in [0, 0.1) is 0 Å². The Hall–Kier alpha value is -1.15. The molecule has 1 atom stereocenters. The third kappa shape index (κ3) is 12.8. The molecule has 0 spiro atoms. The topological polar surface area (TPSA) is 26.3 Å². The molecule has 0 saturated heterocycles. The number of hydrogen-bond donors (Lipinski definition) is 0. The van der Waals surface area contributed by atoms with Gasteiger partial charge in [0.25, 0.3) is 0 Å². The Kier molecular flexibility index (Phi) is 15.0. The Morgan fingerprint density at radius 3 is 1.81 bits per heavy atom. The Morgan fingerprint density at radius 2 is 1.30 bits per heavy atom. The van der Waals surface area contributed by atoms with Crippen molar-refractivity contribution in [2.24, 2.45) is 0 Å². The van der Waals surface area contributed by atoms with E-state index in [9.17, 15) is 4.79 Å². The van der Waals surface area contributed by atoms with Crippen molar-refractivity contribution in [1.82, 2.24) is 0 Å². The van der Waals surface area contributed by atoms with E-state index in [1.165, 1.54) is 77.0 Å². The van der Waals surface area contributed by atoms with Gasteiger partial charge in [-0.05, 0) is 12.8 Å². The van der Waals surface area contributed by atoms with Gasteiger partial charge in [-0.1, -0.05) is 114 Å². The molecule has 1 aromatic carbocycles. The molecule has 154 valence electrons. The molecule has 0 aliphatic rings. The minimum absolute atomic E-state index is 0.223. The van der Waals surface area contributed by atoms with Gasteiger partial charge < -0.3 is 4.74 Å². The molecule has 0 aliphatic heterocycles. The largest absolute Gasteiger partial charge is 0.381 e. The molecular weight excluding hydrogens is 332 g/mol. The summed E-state index contributed by atoms with van der Waals surface area (Å²) >= 11 is 0. The molecule has 0 bridgehead atoms. The Labute approximate surface area is 168 Å². The van der Waals surface area contributed by atoms with Crippen LogP contribution in [0.3, 0.4) is 0 Å². The average Bonchev–Trinajstić information content (AvgIpc) is 2.71. The van der Waals surface area contributed by atoms with Crippen LogP contribution >= 0.6 is 0 Å². The van der Waals surface area contributed by atoms with Crippen molar-refractivity contribution in [2.75, 3.05) is 7.11 Å². The van der Waals surface area contributed by atoms with E-state index in [4.69, 9.17) is 4.74 Å². The van der Waals surface area contributed by atoms with Gasteiger partial charge in [-0.15, -0.1) is 0 Å². The van der Waals surface area contributed by atoms with Crippen molar-refractivity contribution in [3.63, 3.8) is 0 Å². The van der Waals surface area contributed by atoms with Gasteiger partial charge in [-0.25, -0.2) is 0 Å². The van der Waals surface area contributed by atoms with E-state index in [2.05, 4.69) is 6.92 Å². The van der Waals surface area contributed by atoms with Crippen molar-refractivity contribution in [3.05, 3.63) is 35.9 Å². The number of benzene rings is 1. The molecule has 0 fully saturated rings. The van der Waals surface area contributed by atoms with Crippen LogP contribution in [-0.4, -0.2) is 19.0 Å². The molecule has 0 radical (unpaired) electrons. The third-order valence-corrected chi connectivity index (χ3v) is 5.50. The van der Waals surface area contributed by atoms with Gasteiger partial charge in [-0.3, -0.25) is 4.79 Å². The summed E-state index contributed by atoms with van der Waals surface area (Å²) in [6, 6.07) is 9.59. The molecule has 2 nitrogen and oxygen atoms in total. The Bertz CT molecular complexity index is 455. The smallest absolute Gasteiger partial charge is 0.162 e. The second-order valence-corrected chi connectivity index (χ2v) is 7.86. The number of Topliss-reactive ketones (excluding diaryl/α,β-unsaturated/α-hetero) is 1. The van der Waals surface area contributed by atoms with Gasteiger partial charge >= 0.3 is 0 Å². The third-order valence-electron chi connectivity index (χ3n) is 5.50. The summed E-state index contributed by atoms with van der Waals surface area (Å²) in [5.74, 6) is 0.229. The van der Waals surface area contributed by atoms with E-state index in [1.807, 2.05) is 30.3 Å². The minimum Gasteiger partial charge on any atom is -0.381 e. The summed E-state index contributed by atoms with van der Waals surface area (Å²) in [5.41, 5.74) is 0.817. The van der Waals surface area contributed by atoms with Crippen LogP contribution in [0.2, 0.25) is 0 Å². The lowest BCUT2D eigenvalue weighted by Crippen LogP contribution is -2.13. The van der Waals surface area contributed by atoms with Gasteiger partial charge in [0.15, 0.2) is 5.78 Å². The molecule has 1 aromatic rings. The summed E-state index contributed by atoms with van der Waals surface area (Å²) in [5, 5.41) is 0. The first-order chi connectivity index (χ1) is 13.3. The van der Waals surface area contributed by atoms with E-state index in [0.717, 1.165) is 18.4 Å². The highest BCUT2D eigenvalue weighted by Crippen LogP contribution is 2.16. The molecule has 1 rings (SSSR count). The fourth-order valence-electron chi connectivity index (χ4n) is 3.65.